The number of alkyl halides is 4. The molecule has 41 heavy (non-hydrogen) atoms. The Morgan fingerprint density at radius 1 is 0.707 bits per heavy atom. The van der Waals surface area contributed by atoms with Crippen molar-refractivity contribution in [1.82, 2.24) is 0 Å². The second-order valence-corrected chi connectivity index (χ2v) is 10.4. The van der Waals surface area contributed by atoms with Crippen molar-refractivity contribution in [3.8, 4) is 33.8 Å². The quantitative estimate of drug-likeness (QED) is 0.196. The van der Waals surface area contributed by atoms with Gasteiger partial charge in [-0.05, 0) is 79.0 Å². The van der Waals surface area contributed by atoms with Gasteiger partial charge in [-0.1, -0.05) is 66.2 Å². The smallest absolute Gasteiger partial charge is 0.400 e. The zero-order chi connectivity index (χ0) is 29.1. The molecule has 1 fully saturated rings. The standard InChI is InChI=1S/C33H28F6O2/c1-20-2-4-23(5-3-20)25-12-16-28(29(34)18-25)24-8-6-21(7-9-24)22-10-13-26(14-11-22)33(38,39)41-27-15-17-31(30(35)19-27)40-32(36)37/h2-9,12,15-19,22,26,32H,10-11,13-14H2,1H3. The third kappa shape index (κ3) is 6.69. The minimum absolute atomic E-state index is 0.0630. The van der Waals surface area contributed by atoms with Crippen molar-refractivity contribution in [3.05, 3.63) is 108 Å². The fourth-order valence-corrected chi connectivity index (χ4v) is 5.35. The molecule has 1 aliphatic rings. The molecule has 1 saturated carbocycles. The summed E-state index contributed by atoms with van der Waals surface area (Å²) in [6.45, 7) is -1.24. The van der Waals surface area contributed by atoms with E-state index in [1.54, 1.807) is 6.07 Å². The van der Waals surface area contributed by atoms with Crippen molar-refractivity contribution in [2.45, 2.75) is 51.2 Å². The number of ether oxygens (including phenoxy) is 2. The second-order valence-electron chi connectivity index (χ2n) is 10.4. The molecule has 0 N–H and O–H groups in total. The van der Waals surface area contributed by atoms with Crippen LogP contribution in [-0.4, -0.2) is 12.7 Å². The van der Waals surface area contributed by atoms with Crippen LogP contribution in [0, 0.1) is 24.5 Å². The van der Waals surface area contributed by atoms with Crippen LogP contribution in [0.5, 0.6) is 11.5 Å². The summed E-state index contributed by atoms with van der Waals surface area (Å²) in [7, 11) is 0. The zero-order valence-electron chi connectivity index (χ0n) is 22.2. The highest BCUT2D eigenvalue weighted by molar-refractivity contribution is 5.71. The highest BCUT2D eigenvalue weighted by Crippen LogP contribution is 2.44. The average molecular weight is 571 g/mol. The Labute approximate surface area is 234 Å². The monoisotopic (exact) mass is 570 g/mol. The highest BCUT2D eigenvalue weighted by Gasteiger charge is 2.44. The number of halogens is 6. The van der Waals surface area contributed by atoms with Gasteiger partial charge < -0.3 is 9.47 Å². The van der Waals surface area contributed by atoms with Crippen LogP contribution < -0.4 is 9.47 Å². The predicted molar refractivity (Wildman–Crippen MR) is 145 cm³/mol. The van der Waals surface area contributed by atoms with E-state index in [2.05, 4.69) is 4.74 Å². The molecule has 0 atom stereocenters. The maximum atomic E-state index is 15.0. The van der Waals surface area contributed by atoms with Gasteiger partial charge in [0.15, 0.2) is 11.6 Å². The number of rotatable bonds is 8. The molecule has 0 bridgehead atoms. The first-order valence-electron chi connectivity index (χ1n) is 13.4. The molecule has 2 nitrogen and oxygen atoms in total. The number of hydrogen-bond donors (Lipinski definition) is 0. The summed E-state index contributed by atoms with van der Waals surface area (Å²) in [6.07, 6.45) is -2.20. The number of benzene rings is 4. The van der Waals surface area contributed by atoms with Gasteiger partial charge in [0.1, 0.15) is 11.6 Å². The van der Waals surface area contributed by atoms with Crippen LogP contribution in [0.4, 0.5) is 26.3 Å². The van der Waals surface area contributed by atoms with Crippen LogP contribution in [0.25, 0.3) is 22.3 Å². The Kier molecular flexibility index (Phi) is 8.29. The minimum atomic E-state index is -3.56. The van der Waals surface area contributed by atoms with E-state index >= 15 is 4.39 Å². The first-order chi connectivity index (χ1) is 19.6. The third-order valence-corrected chi connectivity index (χ3v) is 7.62. The lowest BCUT2D eigenvalue weighted by atomic mass is 9.78. The van der Waals surface area contributed by atoms with Gasteiger partial charge in [0, 0.05) is 11.6 Å². The third-order valence-electron chi connectivity index (χ3n) is 7.62. The summed E-state index contributed by atoms with van der Waals surface area (Å²) in [5, 5.41) is 0. The predicted octanol–water partition coefficient (Wildman–Crippen LogP) is 10.2. The molecule has 5 rings (SSSR count). The second kappa shape index (κ2) is 11.9. The van der Waals surface area contributed by atoms with Crippen LogP contribution >= 0.6 is 0 Å². The van der Waals surface area contributed by atoms with E-state index in [4.69, 9.17) is 4.74 Å². The molecule has 0 heterocycles. The normalized spacial score (nSPS) is 17.5. The van der Waals surface area contributed by atoms with Crippen LogP contribution in [-0.2, 0) is 0 Å². The molecule has 1 aliphatic carbocycles. The maximum Gasteiger partial charge on any atom is 0.400 e. The summed E-state index contributed by atoms with van der Waals surface area (Å²) in [5.41, 5.74) is 5.07. The zero-order valence-corrected chi connectivity index (χ0v) is 22.2. The van der Waals surface area contributed by atoms with Crippen molar-refractivity contribution in [1.29, 1.82) is 0 Å². The van der Waals surface area contributed by atoms with E-state index in [9.17, 15) is 22.0 Å². The van der Waals surface area contributed by atoms with Crippen LogP contribution in [0.15, 0.2) is 84.9 Å². The van der Waals surface area contributed by atoms with Crippen LogP contribution in [0.2, 0.25) is 0 Å². The number of aryl methyl sites for hydroxylation is 1. The average Bonchev–Trinajstić information content (AvgIpc) is 2.95. The SMILES string of the molecule is Cc1ccc(-c2ccc(-c3ccc(C4CCC(C(F)(F)Oc5ccc(OC(F)F)c(F)c5)CC4)cc3)c(F)c2)cc1. The first-order valence-corrected chi connectivity index (χ1v) is 13.4. The van der Waals surface area contributed by atoms with Gasteiger partial charge in [0.2, 0.25) is 0 Å². The molecule has 0 amide bonds. The summed E-state index contributed by atoms with van der Waals surface area (Å²) in [4.78, 5) is 0. The minimum Gasteiger partial charge on any atom is -0.432 e. The Balaban J connectivity index is 1.20. The number of hydrogen-bond acceptors (Lipinski definition) is 2. The molecule has 0 radical (unpaired) electrons. The Bertz CT molecular complexity index is 1480. The Hall–Kier alpha value is -3.94. The molecule has 4 aromatic carbocycles. The molecule has 0 aliphatic heterocycles. The summed E-state index contributed by atoms with van der Waals surface area (Å²) >= 11 is 0. The van der Waals surface area contributed by atoms with Crippen LogP contribution in [0.3, 0.4) is 0 Å². The van der Waals surface area contributed by atoms with E-state index < -0.39 is 36.0 Å². The lowest BCUT2D eigenvalue weighted by Gasteiger charge is -2.33. The molecule has 0 aromatic heterocycles. The molecular weight excluding hydrogens is 542 g/mol. The van der Waals surface area contributed by atoms with Gasteiger partial charge in [-0.3, -0.25) is 0 Å². The molecule has 0 unspecified atom stereocenters. The van der Waals surface area contributed by atoms with Gasteiger partial charge >= 0.3 is 12.7 Å². The lowest BCUT2D eigenvalue weighted by Crippen LogP contribution is -2.37. The van der Waals surface area contributed by atoms with E-state index in [1.807, 2.05) is 61.5 Å². The topological polar surface area (TPSA) is 18.5 Å². The van der Waals surface area contributed by atoms with Crippen LogP contribution in [0.1, 0.15) is 42.7 Å². The summed E-state index contributed by atoms with van der Waals surface area (Å²) in [6, 6.07) is 23.0. The molecule has 0 saturated heterocycles. The summed E-state index contributed by atoms with van der Waals surface area (Å²) < 4.78 is 92.1. The molecule has 214 valence electrons. The fourth-order valence-electron chi connectivity index (χ4n) is 5.35. The van der Waals surface area contributed by atoms with Gasteiger partial charge in [-0.25, -0.2) is 8.78 Å². The van der Waals surface area contributed by atoms with Crippen molar-refractivity contribution in [2.24, 2.45) is 5.92 Å². The molecule has 0 spiro atoms. The van der Waals surface area contributed by atoms with Gasteiger partial charge in [-0.2, -0.15) is 17.6 Å². The van der Waals surface area contributed by atoms with E-state index in [0.717, 1.165) is 39.9 Å². The largest absolute Gasteiger partial charge is 0.432 e. The lowest BCUT2D eigenvalue weighted by molar-refractivity contribution is -0.222. The van der Waals surface area contributed by atoms with Gasteiger partial charge in [0.05, 0.1) is 5.92 Å². The van der Waals surface area contributed by atoms with E-state index in [1.165, 1.54) is 6.07 Å². The summed E-state index contributed by atoms with van der Waals surface area (Å²) in [5.74, 6) is -3.77. The van der Waals surface area contributed by atoms with Crippen molar-refractivity contribution in [2.75, 3.05) is 0 Å². The van der Waals surface area contributed by atoms with Crippen molar-refractivity contribution >= 4 is 0 Å². The van der Waals surface area contributed by atoms with E-state index in [0.29, 0.717) is 24.5 Å². The Morgan fingerprint density at radius 2 is 1.34 bits per heavy atom. The van der Waals surface area contributed by atoms with Crippen molar-refractivity contribution in [3.63, 3.8) is 0 Å². The molecule has 8 heteroatoms. The van der Waals surface area contributed by atoms with E-state index in [-0.39, 0.29) is 24.6 Å². The van der Waals surface area contributed by atoms with Gasteiger partial charge in [-0.15, -0.1) is 0 Å². The highest BCUT2D eigenvalue weighted by atomic mass is 19.3. The maximum absolute atomic E-state index is 15.0. The fraction of sp³-hybridized carbons (Fsp3) is 0.273. The Morgan fingerprint density at radius 3 is 1.95 bits per heavy atom. The van der Waals surface area contributed by atoms with Crippen molar-refractivity contribution < 1.29 is 35.8 Å². The van der Waals surface area contributed by atoms with Gasteiger partial charge in [0.25, 0.3) is 0 Å². The molecule has 4 aromatic rings. The molecular formula is C33H28F6O2. The first kappa shape index (κ1) is 28.6.